The van der Waals surface area contributed by atoms with Crippen LogP contribution >= 0.6 is 0 Å². The van der Waals surface area contributed by atoms with Gasteiger partial charge in [0.2, 0.25) is 5.95 Å². The van der Waals surface area contributed by atoms with Crippen LogP contribution in [0.15, 0.2) is 77.6 Å². The molecule has 0 unspecified atom stereocenters. The molecular formula is C30H27F2N5O4Si. The van der Waals surface area contributed by atoms with Crippen molar-refractivity contribution in [3.8, 4) is 16.9 Å². The number of halogens is 2. The SMILES string of the molecule is Cc1ccc(C(=O)Nc2ccc([SiH3])cc2)cc1-c1nc(NC(CO)CO)nc2c1ccc(=O)n2-c1c(F)cccc1F. The maximum atomic E-state index is 14.9. The van der Waals surface area contributed by atoms with E-state index in [2.05, 4.69) is 20.6 Å². The Hall–Kier alpha value is -4.78. The molecule has 0 saturated carbocycles. The molecule has 4 N–H and O–H groups in total. The molecule has 0 fully saturated rings. The Morgan fingerprint density at radius 2 is 1.67 bits per heavy atom. The number of aliphatic hydroxyl groups excluding tert-OH is 2. The summed E-state index contributed by atoms with van der Waals surface area (Å²) in [4.78, 5) is 35.2. The molecule has 0 aliphatic heterocycles. The number of anilines is 2. The molecule has 42 heavy (non-hydrogen) atoms. The van der Waals surface area contributed by atoms with E-state index >= 15 is 0 Å². The highest BCUT2D eigenvalue weighted by atomic mass is 28.1. The molecule has 0 radical (unpaired) electrons. The van der Waals surface area contributed by atoms with E-state index in [0.29, 0.717) is 22.4 Å². The molecule has 5 aromatic rings. The lowest BCUT2D eigenvalue weighted by Crippen LogP contribution is -2.29. The van der Waals surface area contributed by atoms with Crippen LogP contribution in [-0.2, 0) is 0 Å². The zero-order chi connectivity index (χ0) is 30.0. The van der Waals surface area contributed by atoms with Gasteiger partial charge in [-0.2, -0.15) is 4.98 Å². The van der Waals surface area contributed by atoms with Gasteiger partial charge in [0.05, 0.1) is 24.9 Å². The Morgan fingerprint density at radius 1 is 0.976 bits per heavy atom. The molecule has 0 bridgehead atoms. The molecule has 0 atom stereocenters. The van der Waals surface area contributed by atoms with E-state index in [1.54, 1.807) is 25.1 Å². The van der Waals surface area contributed by atoms with Crippen molar-refractivity contribution in [2.45, 2.75) is 13.0 Å². The second kappa shape index (κ2) is 12.0. The van der Waals surface area contributed by atoms with E-state index in [1.807, 2.05) is 24.3 Å². The molecular weight excluding hydrogens is 560 g/mol. The van der Waals surface area contributed by atoms with Crippen LogP contribution in [0.25, 0.3) is 28.0 Å². The first-order chi connectivity index (χ1) is 20.2. The molecule has 3 aromatic carbocycles. The summed E-state index contributed by atoms with van der Waals surface area (Å²) in [5, 5.41) is 26.4. The topological polar surface area (TPSA) is 129 Å². The smallest absolute Gasteiger partial charge is 0.256 e. The van der Waals surface area contributed by atoms with Crippen LogP contribution in [0.1, 0.15) is 15.9 Å². The zero-order valence-electron chi connectivity index (χ0n) is 22.7. The summed E-state index contributed by atoms with van der Waals surface area (Å²) in [6, 6.07) is 17.5. The molecule has 2 aromatic heterocycles. The number of amides is 1. The number of benzene rings is 3. The number of aliphatic hydroxyl groups is 2. The summed E-state index contributed by atoms with van der Waals surface area (Å²) < 4.78 is 30.7. The first kappa shape index (κ1) is 28.7. The van der Waals surface area contributed by atoms with E-state index < -0.39 is 42.1 Å². The van der Waals surface area contributed by atoms with Gasteiger partial charge in [0.1, 0.15) is 17.3 Å². The molecule has 5 rings (SSSR count). The number of aromatic nitrogens is 3. The van der Waals surface area contributed by atoms with E-state index in [9.17, 15) is 28.6 Å². The Kier molecular flexibility index (Phi) is 8.20. The van der Waals surface area contributed by atoms with E-state index in [0.717, 1.165) is 33.0 Å². The number of para-hydroxylation sites is 1. The normalized spacial score (nSPS) is 11.3. The van der Waals surface area contributed by atoms with Crippen molar-refractivity contribution < 1.29 is 23.8 Å². The van der Waals surface area contributed by atoms with Crippen LogP contribution in [0.2, 0.25) is 0 Å². The molecule has 2 heterocycles. The number of nitrogens with one attached hydrogen (secondary N) is 2. The fourth-order valence-electron chi connectivity index (χ4n) is 4.49. The third-order valence-electron chi connectivity index (χ3n) is 6.75. The third-order valence-corrected chi connectivity index (χ3v) is 7.42. The van der Waals surface area contributed by atoms with Crippen LogP contribution in [0.4, 0.5) is 20.4 Å². The highest BCUT2D eigenvalue weighted by Gasteiger charge is 2.22. The largest absolute Gasteiger partial charge is 0.394 e. The van der Waals surface area contributed by atoms with Crippen molar-refractivity contribution in [3.63, 3.8) is 0 Å². The summed E-state index contributed by atoms with van der Waals surface area (Å²) in [7, 11) is 0.889. The summed E-state index contributed by atoms with van der Waals surface area (Å²) in [5.41, 5.74) is 0.953. The number of hydrogen-bond acceptors (Lipinski definition) is 7. The fraction of sp³-hybridized carbons (Fsp3) is 0.133. The molecule has 214 valence electrons. The molecule has 12 heteroatoms. The van der Waals surface area contributed by atoms with Gasteiger partial charge in [-0.25, -0.2) is 13.8 Å². The number of rotatable bonds is 8. The lowest BCUT2D eigenvalue weighted by Gasteiger charge is -2.18. The molecule has 0 saturated heterocycles. The van der Waals surface area contributed by atoms with Gasteiger partial charge in [0.15, 0.2) is 5.65 Å². The van der Waals surface area contributed by atoms with Gasteiger partial charge in [-0.05, 0) is 55.0 Å². The average molecular weight is 588 g/mol. The number of aryl methyl sites for hydroxylation is 1. The van der Waals surface area contributed by atoms with Gasteiger partial charge in [-0.15, -0.1) is 0 Å². The molecule has 0 aliphatic carbocycles. The van der Waals surface area contributed by atoms with Crippen LogP contribution in [0, 0.1) is 18.6 Å². The summed E-state index contributed by atoms with van der Waals surface area (Å²) in [6.07, 6.45) is 0. The maximum Gasteiger partial charge on any atom is 0.256 e. The lowest BCUT2D eigenvalue weighted by molar-refractivity contribution is 0.102. The van der Waals surface area contributed by atoms with Gasteiger partial charge in [0, 0.05) is 38.5 Å². The third kappa shape index (κ3) is 5.68. The van der Waals surface area contributed by atoms with Crippen LogP contribution in [0.3, 0.4) is 0 Å². The van der Waals surface area contributed by atoms with E-state index in [1.165, 1.54) is 17.3 Å². The fourth-order valence-corrected chi connectivity index (χ4v) is 4.83. The number of pyridine rings is 1. The predicted molar refractivity (Wildman–Crippen MR) is 161 cm³/mol. The Bertz CT molecular complexity index is 1840. The minimum absolute atomic E-state index is 0.112. The predicted octanol–water partition coefficient (Wildman–Crippen LogP) is 2.04. The van der Waals surface area contributed by atoms with Crippen LogP contribution in [-0.4, -0.2) is 60.2 Å². The Labute approximate surface area is 241 Å². The van der Waals surface area contributed by atoms with E-state index in [4.69, 9.17) is 0 Å². The monoisotopic (exact) mass is 587 g/mol. The van der Waals surface area contributed by atoms with Crippen molar-refractivity contribution in [1.29, 1.82) is 0 Å². The molecule has 9 nitrogen and oxygen atoms in total. The van der Waals surface area contributed by atoms with Crippen molar-refractivity contribution in [2.24, 2.45) is 0 Å². The second-order valence-corrected chi connectivity index (χ2v) is 10.9. The van der Waals surface area contributed by atoms with E-state index in [-0.39, 0.29) is 28.6 Å². The van der Waals surface area contributed by atoms with Gasteiger partial charge in [-0.3, -0.25) is 14.2 Å². The summed E-state index contributed by atoms with van der Waals surface area (Å²) in [5.74, 6) is -2.42. The maximum absolute atomic E-state index is 14.9. The van der Waals surface area contributed by atoms with Crippen LogP contribution < -0.4 is 21.4 Å². The zero-order valence-corrected chi connectivity index (χ0v) is 24.7. The minimum Gasteiger partial charge on any atom is -0.394 e. The first-order valence-corrected chi connectivity index (χ1v) is 14.1. The molecule has 1 amide bonds. The van der Waals surface area contributed by atoms with Gasteiger partial charge in [0.25, 0.3) is 11.5 Å². The van der Waals surface area contributed by atoms with Crippen LogP contribution in [0.5, 0.6) is 0 Å². The molecule has 0 spiro atoms. The quantitative estimate of drug-likeness (QED) is 0.205. The number of carbonyl (C=O) groups excluding carboxylic acids is 1. The summed E-state index contributed by atoms with van der Waals surface area (Å²) in [6.45, 7) is 0.873. The number of fused-ring (bicyclic) bond motifs is 1. The van der Waals surface area contributed by atoms with Crippen molar-refractivity contribution in [2.75, 3.05) is 23.8 Å². The number of hydrogen-bond donors (Lipinski definition) is 4. The standard InChI is InChI=1S/C30H27F2N5O4Si/c1-16-5-6-17(29(41)33-18-7-9-20(42)10-8-18)13-22(16)26-21-11-12-25(40)37(27-23(31)3-2-4-24(27)32)28(21)36-30(35-26)34-19(14-38)15-39/h2-13,19,38-39H,14-15H2,1,42H3,(H,33,41)(H,34,35,36). The number of carbonyl (C=O) groups is 1. The Morgan fingerprint density at radius 3 is 2.33 bits per heavy atom. The second-order valence-electron chi connectivity index (χ2n) is 9.77. The van der Waals surface area contributed by atoms with Crippen molar-refractivity contribution in [1.82, 2.24) is 14.5 Å². The average Bonchev–Trinajstić information content (AvgIpc) is 2.97. The van der Waals surface area contributed by atoms with Gasteiger partial charge >= 0.3 is 0 Å². The molecule has 0 aliphatic rings. The first-order valence-electron chi connectivity index (χ1n) is 13.1. The summed E-state index contributed by atoms with van der Waals surface area (Å²) >= 11 is 0. The van der Waals surface area contributed by atoms with Gasteiger partial charge in [-0.1, -0.05) is 29.5 Å². The highest BCUT2D eigenvalue weighted by molar-refractivity contribution is 6.32. The van der Waals surface area contributed by atoms with Gasteiger partial charge < -0.3 is 20.8 Å². The van der Waals surface area contributed by atoms with Crippen molar-refractivity contribution in [3.05, 3.63) is 106 Å². The minimum atomic E-state index is -0.976. The highest BCUT2D eigenvalue weighted by Crippen LogP contribution is 2.32. The number of nitrogens with zero attached hydrogens (tertiary/aromatic N) is 3. The Balaban J connectivity index is 1.73. The van der Waals surface area contributed by atoms with Crippen molar-refractivity contribution >= 4 is 44.0 Å². The lowest BCUT2D eigenvalue weighted by atomic mass is 9.99.